The monoisotopic (exact) mass is 714 g/mol. The van der Waals surface area contributed by atoms with Gasteiger partial charge in [-0.3, -0.25) is 0 Å². The Kier molecular flexibility index (Phi) is 6.30. The van der Waals surface area contributed by atoms with Crippen LogP contribution in [0.2, 0.25) is 0 Å². The van der Waals surface area contributed by atoms with E-state index in [1.54, 1.807) is 0 Å². The van der Waals surface area contributed by atoms with Crippen LogP contribution in [-0.2, 0) is 0 Å². The van der Waals surface area contributed by atoms with E-state index in [-0.39, 0.29) is 14.5 Å². The second kappa shape index (κ2) is 11.2. The maximum absolute atomic E-state index is 2.53. The van der Waals surface area contributed by atoms with Crippen LogP contribution >= 0.6 is 0 Å². The zero-order chi connectivity index (χ0) is 33.5. The van der Waals surface area contributed by atoms with Crippen molar-refractivity contribution in [3.8, 4) is 33.6 Å². The van der Waals surface area contributed by atoms with Crippen molar-refractivity contribution < 1.29 is 0 Å². The topological polar surface area (TPSA) is 9.86 Å². The molecule has 0 radical (unpaired) electrons. The van der Waals surface area contributed by atoms with Crippen LogP contribution in [-0.4, -0.2) is 23.6 Å². The van der Waals surface area contributed by atoms with E-state index in [4.69, 9.17) is 0 Å². The zero-order valence-electron chi connectivity index (χ0n) is 27.6. The SMILES string of the molecule is c1ccc(-c2cccc(-c3cc(-n4c5ccccc5c5cc(-n6c7ccccc7c7ccccc76)ccc54)c4c(c3)[se]c3ccccc34)c2)cc1. The van der Waals surface area contributed by atoms with E-state index >= 15 is 0 Å². The van der Waals surface area contributed by atoms with Crippen molar-refractivity contribution in [2.45, 2.75) is 0 Å². The standard InChI is InChI=1S/C48H30N2Se/c1-2-13-31(14-3-1)32-15-12-16-33(27-32)34-28-45(48-39-20-7-11-24-46(39)51-47(48)29-34)50-43-23-10-6-19-38(43)40-30-35(25-26-44(40)50)49-41-21-8-4-17-36(41)37-18-5-9-22-42(37)49/h1-30H. The van der Waals surface area contributed by atoms with E-state index in [2.05, 4.69) is 191 Å². The molecule has 3 heteroatoms. The summed E-state index contributed by atoms with van der Waals surface area (Å²) in [6, 6.07) is 67.1. The van der Waals surface area contributed by atoms with Crippen LogP contribution in [0.3, 0.4) is 0 Å². The van der Waals surface area contributed by atoms with Crippen molar-refractivity contribution in [2.24, 2.45) is 0 Å². The van der Waals surface area contributed by atoms with Gasteiger partial charge >= 0.3 is 290 Å². The van der Waals surface area contributed by atoms with Crippen molar-refractivity contribution in [1.29, 1.82) is 0 Å². The van der Waals surface area contributed by atoms with E-state index in [0.717, 1.165) is 0 Å². The molecular formula is C48H30N2Se. The van der Waals surface area contributed by atoms with Crippen LogP contribution in [0.4, 0.5) is 0 Å². The Labute approximate surface area is 300 Å². The molecule has 0 amide bonds. The molecular weight excluding hydrogens is 684 g/mol. The first-order chi connectivity index (χ1) is 25.3. The van der Waals surface area contributed by atoms with Gasteiger partial charge in [-0.2, -0.15) is 0 Å². The van der Waals surface area contributed by atoms with Gasteiger partial charge in [-0.05, 0) is 0 Å². The van der Waals surface area contributed by atoms with E-state index in [0.29, 0.717) is 0 Å². The third-order valence-corrected chi connectivity index (χ3v) is 12.8. The fourth-order valence-electron chi connectivity index (χ4n) is 8.24. The molecule has 51 heavy (non-hydrogen) atoms. The fraction of sp³-hybridized carbons (Fsp3) is 0. The Morgan fingerprint density at radius 1 is 0.314 bits per heavy atom. The van der Waals surface area contributed by atoms with Gasteiger partial charge in [0.15, 0.2) is 0 Å². The van der Waals surface area contributed by atoms with Gasteiger partial charge in [0.25, 0.3) is 0 Å². The molecule has 0 saturated carbocycles. The Morgan fingerprint density at radius 2 is 0.863 bits per heavy atom. The summed E-state index contributed by atoms with van der Waals surface area (Å²) >= 11 is 0.218. The average molecular weight is 714 g/mol. The molecule has 0 fully saturated rings. The van der Waals surface area contributed by atoms with Gasteiger partial charge < -0.3 is 0 Å². The van der Waals surface area contributed by atoms with Crippen LogP contribution in [0, 0.1) is 0 Å². The average Bonchev–Trinajstić information content (AvgIpc) is 3.85. The molecule has 0 atom stereocenters. The van der Waals surface area contributed by atoms with E-state index in [1.807, 2.05) is 0 Å². The summed E-state index contributed by atoms with van der Waals surface area (Å²) in [5.74, 6) is 0. The molecule has 0 spiro atoms. The van der Waals surface area contributed by atoms with Crippen molar-refractivity contribution in [2.75, 3.05) is 0 Å². The van der Waals surface area contributed by atoms with Crippen molar-refractivity contribution >= 4 is 77.4 Å². The third-order valence-electron chi connectivity index (χ3n) is 10.5. The van der Waals surface area contributed by atoms with Crippen molar-refractivity contribution in [1.82, 2.24) is 9.13 Å². The number of rotatable bonds is 4. The molecule has 0 saturated heterocycles. The molecule has 238 valence electrons. The van der Waals surface area contributed by atoms with Gasteiger partial charge in [0.05, 0.1) is 0 Å². The summed E-state index contributed by atoms with van der Waals surface area (Å²) in [5.41, 5.74) is 12.3. The van der Waals surface area contributed by atoms with Gasteiger partial charge in [0, 0.05) is 0 Å². The minimum atomic E-state index is 0.218. The predicted molar refractivity (Wildman–Crippen MR) is 218 cm³/mol. The van der Waals surface area contributed by atoms with Gasteiger partial charge in [0.2, 0.25) is 0 Å². The van der Waals surface area contributed by atoms with Crippen LogP contribution in [0.25, 0.3) is 96.5 Å². The van der Waals surface area contributed by atoms with Crippen molar-refractivity contribution in [3.63, 3.8) is 0 Å². The molecule has 0 aliphatic carbocycles. The number of hydrogen-bond donors (Lipinski definition) is 0. The van der Waals surface area contributed by atoms with Gasteiger partial charge in [-0.25, -0.2) is 0 Å². The number of aromatic nitrogens is 2. The van der Waals surface area contributed by atoms with Crippen molar-refractivity contribution in [3.05, 3.63) is 182 Å². The molecule has 0 aliphatic heterocycles. The Morgan fingerprint density at radius 3 is 1.59 bits per heavy atom. The summed E-state index contributed by atoms with van der Waals surface area (Å²) < 4.78 is 7.84. The summed E-state index contributed by atoms with van der Waals surface area (Å²) in [7, 11) is 0. The summed E-state index contributed by atoms with van der Waals surface area (Å²) in [4.78, 5) is 0. The molecule has 11 aromatic rings. The fourth-order valence-corrected chi connectivity index (χ4v) is 10.7. The minimum absolute atomic E-state index is 0.218. The number of nitrogens with zero attached hydrogens (tertiary/aromatic N) is 2. The molecule has 0 bridgehead atoms. The molecule has 11 rings (SSSR count). The Balaban J connectivity index is 1.20. The molecule has 2 nitrogen and oxygen atoms in total. The van der Waals surface area contributed by atoms with Crippen LogP contribution in [0.1, 0.15) is 0 Å². The molecule has 0 N–H and O–H groups in total. The van der Waals surface area contributed by atoms with Gasteiger partial charge in [-0.15, -0.1) is 0 Å². The second-order valence-corrected chi connectivity index (χ2v) is 15.6. The third kappa shape index (κ3) is 4.36. The normalized spacial score (nSPS) is 11.9. The first-order valence-corrected chi connectivity index (χ1v) is 19.1. The summed E-state index contributed by atoms with van der Waals surface area (Å²) in [6.07, 6.45) is 0. The Hall–Kier alpha value is -6.12. The maximum atomic E-state index is 2.53. The van der Waals surface area contributed by atoms with E-state index < -0.39 is 0 Å². The van der Waals surface area contributed by atoms with Gasteiger partial charge in [0.1, 0.15) is 0 Å². The molecule has 3 heterocycles. The molecule has 0 unspecified atom stereocenters. The summed E-state index contributed by atoms with van der Waals surface area (Å²) in [6.45, 7) is 0. The van der Waals surface area contributed by atoms with Gasteiger partial charge in [-0.1, -0.05) is 12.1 Å². The van der Waals surface area contributed by atoms with E-state index in [9.17, 15) is 0 Å². The molecule has 8 aromatic carbocycles. The summed E-state index contributed by atoms with van der Waals surface area (Å²) in [5, 5.41) is 7.80. The number of benzene rings is 8. The van der Waals surface area contributed by atoms with E-state index in [1.165, 1.54) is 96.5 Å². The number of hydrogen-bond acceptors (Lipinski definition) is 0. The first kappa shape index (κ1) is 28.7. The molecule has 0 aliphatic rings. The zero-order valence-corrected chi connectivity index (χ0v) is 29.3. The van der Waals surface area contributed by atoms with Crippen LogP contribution in [0.5, 0.6) is 0 Å². The number of fused-ring (bicyclic) bond motifs is 9. The number of para-hydroxylation sites is 3. The van der Waals surface area contributed by atoms with Crippen LogP contribution in [0.15, 0.2) is 182 Å². The quantitative estimate of drug-likeness (QED) is 0.161. The predicted octanol–water partition coefficient (Wildman–Crippen LogP) is 12.6. The Bertz CT molecular complexity index is 3090. The second-order valence-electron chi connectivity index (χ2n) is 13.3. The first-order valence-electron chi connectivity index (χ1n) is 17.4. The molecule has 3 aromatic heterocycles. The van der Waals surface area contributed by atoms with Crippen LogP contribution < -0.4 is 0 Å².